The molecule has 0 unspecified atom stereocenters. The van der Waals surface area contributed by atoms with Crippen molar-refractivity contribution in [2.24, 2.45) is 5.41 Å². The molecule has 2 N–H and O–H groups in total. The zero-order valence-corrected chi connectivity index (χ0v) is 11.2. The van der Waals surface area contributed by atoms with E-state index in [1.807, 2.05) is 30.3 Å². The molecule has 0 saturated heterocycles. The standard InChI is InChI=1S/C16H17NO3/c18-14(12-16(15(19)20)9-5-10-16)17-11-4-8-13-6-2-1-3-7-13/h1-3,6-7H,5,9-12H2,(H,17,18)(H,19,20). The van der Waals surface area contributed by atoms with Gasteiger partial charge in [0.25, 0.3) is 0 Å². The molecule has 0 aliphatic heterocycles. The molecule has 0 bridgehead atoms. The maximum atomic E-state index is 11.7. The van der Waals surface area contributed by atoms with Crippen LogP contribution in [0.2, 0.25) is 0 Å². The quantitative estimate of drug-likeness (QED) is 0.821. The van der Waals surface area contributed by atoms with Gasteiger partial charge in [-0.1, -0.05) is 36.5 Å². The van der Waals surface area contributed by atoms with Gasteiger partial charge in [-0.2, -0.15) is 0 Å². The summed E-state index contributed by atoms with van der Waals surface area (Å²) in [6.07, 6.45) is 2.11. The van der Waals surface area contributed by atoms with Crippen molar-refractivity contribution in [2.75, 3.05) is 6.54 Å². The number of nitrogens with one attached hydrogen (secondary N) is 1. The van der Waals surface area contributed by atoms with Crippen LogP contribution in [-0.2, 0) is 9.59 Å². The number of carboxylic acids is 1. The van der Waals surface area contributed by atoms with Gasteiger partial charge in [0.15, 0.2) is 0 Å². The number of benzene rings is 1. The van der Waals surface area contributed by atoms with E-state index in [9.17, 15) is 9.59 Å². The van der Waals surface area contributed by atoms with Crippen LogP contribution in [0.4, 0.5) is 0 Å². The molecule has 1 fully saturated rings. The van der Waals surface area contributed by atoms with Crippen molar-refractivity contribution < 1.29 is 14.7 Å². The van der Waals surface area contributed by atoms with E-state index in [-0.39, 0.29) is 18.9 Å². The Labute approximate surface area is 118 Å². The van der Waals surface area contributed by atoms with Crippen molar-refractivity contribution in [1.29, 1.82) is 0 Å². The summed E-state index contributed by atoms with van der Waals surface area (Å²) in [4.78, 5) is 22.9. The van der Waals surface area contributed by atoms with Crippen LogP contribution in [0.25, 0.3) is 0 Å². The van der Waals surface area contributed by atoms with Crippen molar-refractivity contribution >= 4 is 11.9 Å². The third kappa shape index (κ3) is 3.39. The topological polar surface area (TPSA) is 66.4 Å². The first-order valence-corrected chi connectivity index (χ1v) is 6.66. The molecule has 4 nitrogen and oxygen atoms in total. The molecule has 2 rings (SSSR count). The second kappa shape index (κ2) is 6.25. The molecule has 1 aromatic carbocycles. The summed E-state index contributed by atoms with van der Waals surface area (Å²) in [5.74, 6) is 4.68. The molecular formula is C16H17NO3. The molecular weight excluding hydrogens is 254 g/mol. The number of amides is 1. The van der Waals surface area contributed by atoms with Gasteiger partial charge in [-0.15, -0.1) is 0 Å². The van der Waals surface area contributed by atoms with Crippen LogP contribution < -0.4 is 5.32 Å². The number of carbonyl (C=O) groups excluding carboxylic acids is 1. The maximum Gasteiger partial charge on any atom is 0.310 e. The second-order valence-electron chi connectivity index (χ2n) is 5.06. The van der Waals surface area contributed by atoms with Gasteiger partial charge in [0, 0.05) is 12.0 Å². The Morgan fingerprint density at radius 3 is 2.50 bits per heavy atom. The molecule has 104 valence electrons. The minimum atomic E-state index is -0.866. The maximum absolute atomic E-state index is 11.7. The molecule has 1 amide bonds. The molecule has 4 heteroatoms. The average molecular weight is 271 g/mol. The number of carbonyl (C=O) groups is 2. The highest BCUT2D eigenvalue weighted by Crippen LogP contribution is 2.44. The first-order valence-electron chi connectivity index (χ1n) is 6.66. The molecule has 0 spiro atoms. The molecule has 0 atom stereocenters. The summed E-state index contributed by atoms with van der Waals surface area (Å²) in [7, 11) is 0. The Balaban J connectivity index is 1.79. The molecule has 0 radical (unpaired) electrons. The van der Waals surface area contributed by atoms with Crippen LogP contribution in [0.1, 0.15) is 31.2 Å². The van der Waals surface area contributed by atoms with E-state index < -0.39 is 11.4 Å². The van der Waals surface area contributed by atoms with E-state index >= 15 is 0 Å². The van der Waals surface area contributed by atoms with Crippen LogP contribution in [0.3, 0.4) is 0 Å². The number of carboxylic acid groups (broad SMARTS) is 1. The first kappa shape index (κ1) is 14.1. The summed E-state index contributed by atoms with van der Waals surface area (Å²) in [6.45, 7) is 0.240. The van der Waals surface area contributed by atoms with Gasteiger partial charge < -0.3 is 10.4 Å². The SMILES string of the molecule is O=C(CC1(C(=O)O)CCC1)NCC#Cc1ccccc1. The van der Waals surface area contributed by atoms with Crippen molar-refractivity contribution in [3.8, 4) is 11.8 Å². The third-order valence-electron chi connectivity index (χ3n) is 3.64. The van der Waals surface area contributed by atoms with Gasteiger partial charge in [0.1, 0.15) is 0 Å². The highest BCUT2D eigenvalue weighted by atomic mass is 16.4. The van der Waals surface area contributed by atoms with Gasteiger partial charge in [-0.25, -0.2) is 0 Å². The predicted octanol–water partition coefficient (Wildman–Crippen LogP) is 1.80. The van der Waals surface area contributed by atoms with E-state index in [2.05, 4.69) is 17.2 Å². The van der Waals surface area contributed by atoms with Crippen LogP contribution in [0.15, 0.2) is 30.3 Å². The van der Waals surface area contributed by atoms with E-state index in [1.54, 1.807) is 0 Å². The Bertz CT molecular complexity index is 550. The molecule has 20 heavy (non-hydrogen) atoms. The Morgan fingerprint density at radius 1 is 1.25 bits per heavy atom. The summed E-state index contributed by atoms with van der Waals surface area (Å²) in [6, 6.07) is 9.49. The number of hydrogen-bond donors (Lipinski definition) is 2. The highest BCUT2D eigenvalue weighted by Gasteiger charge is 2.45. The van der Waals surface area contributed by atoms with Crippen LogP contribution >= 0.6 is 0 Å². The van der Waals surface area contributed by atoms with E-state index in [1.165, 1.54) is 0 Å². The third-order valence-corrected chi connectivity index (χ3v) is 3.64. The van der Waals surface area contributed by atoms with Gasteiger partial charge in [0.05, 0.1) is 12.0 Å². The molecule has 1 aliphatic carbocycles. The van der Waals surface area contributed by atoms with Gasteiger partial charge >= 0.3 is 5.97 Å². The average Bonchev–Trinajstić information content (AvgIpc) is 2.40. The fourth-order valence-corrected chi connectivity index (χ4v) is 2.25. The number of aliphatic carboxylic acids is 1. The van der Waals surface area contributed by atoms with Gasteiger partial charge in [0.2, 0.25) is 5.91 Å². The predicted molar refractivity (Wildman–Crippen MR) is 74.9 cm³/mol. The smallest absolute Gasteiger partial charge is 0.310 e. The van der Waals surface area contributed by atoms with E-state index in [0.29, 0.717) is 12.8 Å². The first-order chi connectivity index (χ1) is 9.62. The zero-order valence-electron chi connectivity index (χ0n) is 11.2. The molecule has 1 aromatic rings. The van der Waals surface area contributed by atoms with Crippen molar-refractivity contribution in [2.45, 2.75) is 25.7 Å². The van der Waals surface area contributed by atoms with Gasteiger partial charge in [-0.05, 0) is 25.0 Å². The van der Waals surface area contributed by atoms with E-state index in [0.717, 1.165) is 12.0 Å². The lowest BCUT2D eigenvalue weighted by atomic mass is 9.66. The Morgan fingerprint density at radius 2 is 1.95 bits per heavy atom. The lowest BCUT2D eigenvalue weighted by Crippen LogP contribution is -2.42. The summed E-state index contributed by atoms with van der Waals surface area (Å²) >= 11 is 0. The van der Waals surface area contributed by atoms with Crippen LogP contribution in [-0.4, -0.2) is 23.5 Å². The fraction of sp³-hybridized carbons (Fsp3) is 0.375. The van der Waals surface area contributed by atoms with Crippen molar-refractivity contribution in [3.05, 3.63) is 35.9 Å². The second-order valence-corrected chi connectivity index (χ2v) is 5.06. The fourth-order valence-electron chi connectivity index (χ4n) is 2.25. The molecule has 0 heterocycles. The molecule has 0 aromatic heterocycles. The highest BCUT2D eigenvalue weighted by molar-refractivity contribution is 5.85. The van der Waals surface area contributed by atoms with Crippen LogP contribution in [0.5, 0.6) is 0 Å². The number of rotatable bonds is 4. The Kier molecular flexibility index (Phi) is 4.41. The normalized spacial score (nSPS) is 15.4. The monoisotopic (exact) mass is 271 g/mol. The largest absolute Gasteiger partial charge is 0.481 e. The number of hydrogen-bond acceptors (Lipinski definition) is 2. The minimum Gasteiger partial charge on any atom is -0.481 e. The van der Waals surface area contributed by atoms with Gasteiger partial charge in [-0.3, -0.25) is 9.59 Å². The minimum absolute atomic E-state index is 0.0509. The van der Waals surface area contributed by atoms with Crippen molar-refractivity contribution in [3.63, 3.8) is 0 Å². The Hall–Kier alpha value is -2.28. The lowest BCUT2D eigenvalue weighted by molar-refractivity contribution is -0.157. The van der Waals surface area contributed by atoms with Crippen molar-refractivity contribution in [1.82, 2.24) is 5.32 Å². The zero-order chi connectivity index (χ0) is 14.4. The molecule has 1 saturated carbocycles. The van der Waals surface area contributed by atoms with E-state index in [4.69, 9.17) is 5.11 Å². The summed E-state index contributed by atoms with van der Waals surface area (Å²) < 4.78 is 0. The summed E-state index contributed by atoms with van der Waals surface area (Å²) in [5, 5.41) is 11.8. The summed E-state index contributed by atoms with van der Waals surface area (Å²) in [5.41, 5.74) is 0.0551. The van der Waals surface area contributed by atoms with Crippen LogP contribution in [0, 0.1) is 17.3 Å². The lowest BCUT2D eigenvalue weighted by Gasteiger charge is -2.36. The molecule has 1 aliphatic rings.